The smallest absolute Gasteiger partial charge is 0.253 e. The highest BCUT2D eigenvalue weighted by atomic mass is 32.1. The summed E-state index contributed by atoms with van der Waals surface area (Å²) in [5, 5.41) is 5.97. The van der Waals surface area contributed by atoms with Crippen molar-refractivity contribution in [3.8, 4) is 0 Å². The van der Waals surface area contributed by atoms with Crippen LogP contribution in [0.5, 0.6) is 0 Å². The molecule has 5 heteroatoms. The number of likely N-dealkylation sites (tertiary alicyclic amines) is 1. The molecule has 24 heavy (non-hydrogen) atoms. The topological polar surface area (TPSA) is 45.2 Å². The van der Waals surface area contributed by atoms with Crippen LogP contribution >= 0.6 is 11.3 Å². The number of amides is 1. The van der Waals surface area contributed by atoms with Crippen LogP contribution < -0.4 is 5.32 Å². The summed E-state index contributed by atoms with van der Waals surface area (Å²) in [4.78, 5) is 19.9. The summed E-state index contributed by atoms with van der Waals surface area (Å²) >= 11 is 1.83. The Labute approximate surface area is 147 Å². The molecule has 1 N–H and O–H groups in total. The van der Waals surface area contributed by atoms with Crippen molar-refractivity contribution in [2.75, 3.05) is 13.1 Å². The predicted octanol–water partition coefficient (Wildman–Crippen LogP) is 3.88. The van der Waals surface area contributed by atoms with Gasteiger partial charge >= 0.3 is 0 Å². The number of pyridine rings is 1. The van der Waals surface area contributed by atoms with Crippen molar-refractivity contribution in [3.05, 3.63) is 52.5 Å². The second-order valence-corrected chi connectivity index (χ2v) is 7.30. The lowest BCUT2D eigenvalue weighted by Gasteiger charge is -2.34. The maximum absolute atomic E-state index is 12.5. The van der Waals surface area contributed by atoms with Crippen molar-refractivity contribution in [3.63, 3.8) is 0 Å². The van der Waals surface area contributed by atoms with Crippen molar-refractivity contribution in [2.45, 2.75) is 44.7 Å². The van der Waals surface area contributed by atoms with Crippen LogP contribution in [0.25, 0.3) is 0 Å². The van der Waals surface area contributed by atoms with E-state index in [9.17, 15) is 4.79 Å². The zero-order valence-corrected chi connectivity index (χ0v) is 15.0. The summed E-state index contributed by atoms with van der Waals surface area (Å²) in [6.45, 7) is 3.88. The minimum absolute atomic E-state index is 0.124. The second kappa shape index (κ2) is 8.40. The van der Waals surface area contributed by atoms with E-state index >= 15 is 0 Å². The molecular weight excluding hydrogens is 318 g/mol. The van der Waals surface area contributed by atoms with Crippen molar-refractivity contribution in [2.24, 2.45) is 0 Å². The van der Waals surface area contributed by atoms with Crippen molar-refractivity contribution < 1.29 is 4.79 Å². The molecule has 4 nitrogen and oxygen atoms in total. The van der Waals surface area contributed by atoms with E-state index in [1.165, 1.54) is 11.3 Å². The quantitative estimate of drug-likeness (QED) is 0.866. The highest BCUT2D eigenvalue weighted by molar-refractivity contribution is 7.10. The molecule has 1 saturated heterocycles. The number of hydrogen-bond acceptors (Lipinski definition) is 4. The maximum atomic E-state index is 12.5. The molecule has 2 aromatic rings. The van der Waals surface area contributed by atoms with Crippen molar-refractivity contribution >= 4 is 17.2 Å². The fraction of sp³-hybridized carbons (Fsp3) is 0.474. The van der Waals surface area contributed by atoms with Gasteiger partial charge in [0.2, 0.25) is 0 Å². The Kier molecular flexibility index (Phi) is 5.99. The summed E-state index contributed by atoms with van der Waals surface area (Å²) in [5.41, 5.74) is 0.735. The first-order valence-corrected chi connectivity index (χ1v) is 9.64. The Morgan fingerprint density at radius 3 is 2.71 bits per heavy atom. The van der Waals surface area contributed by atoms with Gasteiger partial charge in [-0.1, -0.05) is 19.4 Å². The lowest BCUT2D eigenvalue weighted by atomic mass is 10.0. The summed E-state index contributed by atoms with van der Waals surface area (Å²) in [6.07, 6.45) is 7.73. The fourth-order valence-electron chi connectivity index (χ4n) is 3.30. The van der Waals surface area contributed by atoms with Gasteiger partial charge in [-0.3, -0.25) is 9.78 Å². The Balaban J connectivity index is 1.54. The molecule has 0 spiro atoms. The van der Waals surface area contributed by atoms with Crippen LogP contribution in [-0.4, -0.2) is 34.9 Å². The number of carbonyl (C=O) groups is 1. The highest BCUT2D eigenvalue weighted by Crippen LogP contribution is 2.25. The van der Waals surface area contributed by atoms with Crippen LogP contribution in [0.3, 0.4) is 0 Å². The molecule has 2 aromatic heterocycles. The monoisotopic (exact) mass is 343 g/mol. The van der Waals surface area contributed by atoms with E-state index in [4.69, 9.17) is 0 Å². The highest BCUT2D eigenvalue weighted by Gasteiger charge is 2.25. The third-order valence-electron chi connectivity index (χ3n) is 4.61. The molecule has 0 aromatic carbocycles. The minimum Gasteiger partial charge on any atom is -0.339 e. The lowest BCUT2D eigenvalue weighted by Crippen LogP contribution is -2.45. The molecule has 128 valence electrons. The number of nitrogens with zero attached hydrogens (tertiary/aromatic N) is 2. The second-order valence-electron chi connectivity index (χ2n) is 6.33. The third-order valence-corrected chi connectivity index (χ3v) is 5.60. The molecule has 1 fully saturated rings. The van der Waals surface area contributed by atoms with E-state index in [-0.39, 0.29) is 5.91 Å². The first kappa shape index (κ1) is 17.1. The van der Waals surface area contributed by atoms with E-state index in [1.54, 1.807) is 24.5 Å². The molecule has 1 amide bonds. The Hall–Kier alpha value is -1.72. The molecule has 0 aliphatic carbocycles. The first-order valence-electron chi connectivity index (χ1n) is 8.76. The van der Waals surface area contributed by atoms with Gasteiger partial charge in [-0.15, -0.1) is 11.3 Å². The van der Waals surface area contributed by atoms with E-state index < -0.39 is 0 Å². The summed E-state index contributed by atoms with van der Waals surface area (Å²) in [6, 6.07) is 8.87. The van der Waals surface area contributed by atoms with Gasteiger partial charge in [-0.25, -0.2) is 0 Å². The predicted molar refractivity (Wildman–Crippen MR) is 98.3 cm³/mol. The number of nitrogens with one attached hydrogen (secondary N) is 1. The molecule has 3 heterocycles. The molecule has 1 atom stereocenters. The molecule has 0 radical (unpaired) electrons. The zero-order chi connectivity index (χ0) is 16.8. The van der Waals surface area contributed by atoms with Gasteiger partial charge in [0.05, 0.1) is 0 Å². The minimum atomic E-state index is 0.124. The SMILES string of the molecule is CCCC(NC1CCN(C(=O)c2ccncc2)CC1)c1cccs1. The normalized spacial score (nSPS) is 17.0. The van der Waals surface area contributed by atoms with Gasteiger partial charge in [0.25, 0.3) is 5.91 Å². The number of aromatic nitrogens is 1. The van der Waals surface area contributed by atoms with E-state index in [2.05, 4.69) is 34.7 Å². The van der Waals surface area contributed by atoms with Crippen LogP contribution in [0.15, 0.2) is 42.0 Å². The van der Waals surface area contributed by atoms with E-state index in [0.717, 1.165) is 37.9 Å². The first-order chi connectivity index (χ1) is 11.8. The average molecular weight is 343 g/mol. The van der Waals surface area contributed by atoms with Crippen molar-refractivity contribution in [1.29, 1.82) is 0 Å². The van der Waals surface area contributed by atoms with Gasteiger partial charge in [0.15, 0.2) is 0 Å². The number of thiophene rings is 1. The van der Waals surface area contributed by atoms with Gasteiger partial charge in [0, 0.05) is 48.0 Å². The maximum Gasteiger partial charge on any atom is 0.253 e. The molecule has 3 rings (SSSR count). The van der Waals surface area contributed by atoms with Crippen LogP contribution in [0.2, 0.25) is 0 Å². The number of hydrogen-bond donors (Lipinski definition) is 1. The van der Waals surface area contributed by atoms with Gasteiger partial charge < -0.3 is 10.2 Å². The van der Waals surface area contributed by atoms with E-state index in [1.807, 2.05) is 16.2 Å². The Morgan fingerprint density at radius 1 is 1.33 bits per heavy atom. The Morgan fingerprint density at radius 2 is 2.08 bits per heavy atom. The molecule has 0 bridgehead atoms. The van der Waals surface area contributed by atoms with E-state index in [0.29, 0.717) is 12.1 Å². The third kappa shape index (κ3) is 4.22. The molecule has 1 aliphatic rings. The standard InChI is InChI=1S/C19H25N3OS/c1-2-4-17(18-5-3-14-24-18)21-16-8-12-22(13-9-16)19(23)15-6-10-20-11-7-15/h3,5-7,10-11,14,16-17,21H,2,4,8-9,12-13H2,1H3. The van der Waals surface area contributed by atoms with Crippen molar-refractivity contribution in [1.82, 2.24) is 15.2 Å². The van der Waals surface area contributed by atoms with Gasteiger partial charge in [-0.2, -0.15) is 0 Å². The summed E-state index contributed by atoms with van der Waals surface area (Å²) in [7, 11) is 0. The molecule has 0 saturated carbocycles. The zero-order valence-electron chi connectivity index (χ0n) is 14.1. The van der Waals surface area contributed by atoms with Crippen LogP contribution in [0, 0.1) is 0 Å². The Bertz CT molecular complexity index is 621. The van der Waals surface area contributed by atoms with Gasteiger partial charge in [-0.05, 0) is 42.8 Å². The van der Waals surface area contributed by atoms with Gasteiger partial charge in [0.1, 0.15) is 0 Å². The number of rotatable bonds is 6. The fourth-order valence-corrected chi connectivity index (χ4v) is 4.12. The number of carbonyl (C=O) groups excluding carboxylic acids is 1. The number of piperidine rings is 1. The average Bonchev–Trinajstić information content (AvgIpc) is 3.17. The largest absolute Gasteiger partial charge is 0.339 e. The van der Waals surface area contributed by atoms with Crippen LogP contribution in [0.1, 0.15) is 53.9 Å². The summed E-state index contributed by atoms with van der Waals surface area (Å²) < 4.78 is 0. The summed E-state index contributed by atoms with van der Waals surface area (Å²) in [5.74, 6) is 0.124. The molecular formula is C19H25N3OS. The lowest BCUT2D eigenvalue weighted by molar-refractivity contribution is 0.0701. The molecule has 1 aliphatic heterocycles. The van der Waals surface area contributed by atoms with Crippen LogP contribution in [-0.2, 0) is 0 Å². The molecule has 1 unspecified atom stereocenters. The van der Waals surface area contributed by atoms with Crippen LogP contribution in [0.4, 0.5) is 0 Å².